The normalized spacial score (nSPS) is 12.0. The van der Waals surface area contributed by atoms with Crippen LogP contribution in [0.1, 0.15) is 36.7 Å². The predicted molar refractivity (Wildman–Crippen MR) is 109 cm³/mol. The number of amides is 1. The van der Waals surface area contributed by atoms with E-state index in [9.17, 15) is 4.79 Å². The molecule has 1 unspecified atom stereocenters. The van der Waals surface area contributed by atoms with Crippen molar-refractivity contribution >= 4 is 28.8 Å². The van der Waals surface area contributed by atoms with Crippen LogP contribution in [0.3, 0.4) is 0 Å². The Hall–Kier alpha value is -2.17. The summed E-state index contributed by atoms with van der Waals surface area (Å²) in [6.45, 7) is 4.10. The smallest absolute Gasteiger partial charge is 0.226 e. The number of nitrogens with one attached hydrogen (secondary N) is 1. The molecule has 26 heavy (non-hydrogen) atoms. The fourth-order valence-electron chi connectivity index (χ4n) is 2.70. The molecule has 3 rings (SSSR count). The molecule has 2 aromatic carbocycles. The molecule has 3 nitrogen and oxygen atoms in total. The summed E-state index contributed by atoms with van der Waals surface area (Å²) in [4.78, 5) is 16.9. The molecule has 5 heteroatoms. The van der Waals surface area contributed by atoms with Gasteiger partial charge in [0.05, 0.1) is 18.2 Å². The van der Waals surface area contributed by atoms with Gasteiger partial charge in [-0.1, -0.05) is 54.9 Å². The van der Waals surface area contributed by atoms with Gasteiger partial charge >= 0.3 is 0 Å². The van der Waals surface area contributed by atoms with Gasteiger partial charge in [0.15, 0.2) is 0 Å². The lowest BCUT2D eigenvalue weighted by atomic mass is 10.1. The lowest BCUT2D eigenvalue weighted by Gasteiger charge is -2.14. The number of thiazole rings is 1. The third-order valence-corrected chi connectivity index (χ3v) is 5.44. The highest BCUT2D eigenvalue weighted by molar-refractivity contribution is 7.13. The van der Waals surface area contributed by atoms with Crippen LogP contribution in [0.2, 0.25) is 5.02 Å². The van der Waals surface area contributed by atoms with Crippen molar-refractivity contribution in [3.8, 4) is 10.6 Å². The van der Waals surface area contributed by atoms with Crippen LogP contribution >= 0.6 is 22.9 Å². The van der Waals surface area contributed by atoms with Gasteiger partial charge in [-0.05, 0) is 36.6 Å². The van der Waals surface area contributed by atoms with E-state index >= 15 is 0 Å². The first-order chi connectivity index (χ1) is 12.5. The van der Waals surface area contributed by atoms with Crippen LogP contribution in [0.5, 0.6) is 0 Å². The second kappa shape index (κ2) is 8.47. The fourth-order valence-corrected chi connectivity index (χ4v) is 3.65. The molecule has 0 radical (unpaired) electrons. The molecule has 1 amide bonds. The average molecular weight is 385 g/mol. The average Bonchev–Trinajstić information content (AvgIpc) is 3.10. The summed E-state index contributed by atoms with van der Waals surface area (Å²) in [7, 11) is 0. The summed E-state index contributed by atoms with van der Waals surface area (Å²) in [6, 6.07) is 15.9. The van der Waals surface area contributed by atoms with Crippen LogP contribution < -0.4 is 5.32 Å². The topological polar surface area (TPSA) is 42.0 Å². The van der Waals surface area contributed by atoms with Gasteiger partial charge < -0.3 is 5.32 Å². The van der Waals surface area contributed by atoms with Gasteiger partial charge in [-0.3, -0.25) is 4.79 Å². The second-order valence-electron chi connectivity index (χ2n) is 6.21. The first-order valence-corrected chi connectivity index (χ1v) is 9.89. The Kier molecular flexibility index (Phi) is 6.07. The molecule has 0 aliphatic carbocycles. The number of aryl methyl sites for hydroxylation is 1. The van der Waals surface area contributed by atoms with Crippen molar-refractivity contribution in [2.24, 2.45) is 0 Å². The van der Waals surface area contributed by atoms with Crippen molar-refractivity contribution in [2.45, 2.75) is 32.7 Å². The van der Waals surface area contributed by atoms with Crippen LogP contribution in [0.4, 0.5) is 0 Å². The first-order valence-electron chi connectivity index (χ1n) is 8.63. The molecule has 1 N–H and O–H groups in total. The number of carbonyl (C=O) groups excluding carboxylic acids is 1. The van der Waals surface area contributed by atoms with Crippen LogP contribution in [0, 0.1) is 0 Å². The predicted octanol–water partition coefficient (Wildman–Crippen LogP) is 5.45. The van der Waals surface area contributed by atoms with E-state index in [0.29, 0.717) is 5.02 Å². The van der Waals surface area contributed by atoms with E-state index in [-0.39, 0.29) is 18.4 Å². The van der Waals surface area contributed by atoms with Crippen molar-refractivity contribution < 1.29 is 4.79 Å². The Morgan fingerprint density at radius 3 is 2.50 bits per heavy atom. The highest BCUT2D eigenvalue weighted by Crippen LogP contribution is 2.24. The van der Waals surface area contributed by atoms with E-state index in [1.807, 2.05) is 36.6 Å². The standard InChI is InChI=1S/C21H21ClN2OS/c1-3-15-4-6-17(7-5-15)21-24-19(13-26-21)12-20(25)23-14(2)16-8-10-18(22)11-9-16/h4-11,13-14H,3,12H2,1-2H3,(H,23,25). The maximum Gasteiger partial charge on any atom is 0.226 e. The van der Waals surface area contributed by atoms with Crippen molar-refractivity contribution in [3.63, 3.8) is 0 Å². The van der Waals surface area contributed by atoms with Gasteiger partial charge in [0.1, 0.15) is 5.01 Å². The molecule has 0 saturated carbocycles. The quantitative estimate of drug-likeness (QED) is 0.614. The Morgan fingerprint density at radius 1 is 1.15 bits per heavy atom. The molecular formula is C21H21ClN2OS. The van der Waals surface area contributed by atoms with E-state index in [2.05, 4.69) is 41.5 Å². The van der Waals surface area contributed by atoms with Gasteiger partial charge in [0.25, 0.3) is 0 Å². The summed E-state index contributed by atoms with van der Waals surface area (Å²) in [5.41, 5.74) is 4.22. The molecule has 3 aromatic rings. The Balaban J connectivity index is 1.61. The Morgan fingerprint density at radius 2 is 1.85 bits per heavy atom. The van der Waals surface area contributed by atoms with Gasteiger partial charge in [-0.2, -0.15) is 0 Å². The molecule has 0 fully saturated rings. The number of hydrogen-bond donors (Lipinski definition) is 1. The van der Waals surface area contributed by atoms with Crippen molar-refractivity contribution in [2.75, 3.05) is 0 Å². The third-order valence-electron chi connectivity index (χ3n) is 4.25. The maximum atomic E-state index is 12.3. The van der Waals surface area contributed by atoms with E-state index < -0.39 is 0 Å². The van der Waals surface area contributed by atoms with Crippen LogP contribution in [0.15, 0.2) is 53.9 Å². The summed E-state index contributed by atoms with van der Waals surface area (Å²) in [6.07, 6.45) is 1.30. The van der Waals surface area contributed by atoms with E-state index in [1.54, 1.807) is 11.3 Å². The molecule has 0 saturated heterocycles. The van der Waals surface area contributed by atoms with Gasteiger partial charge in [-0.25, -0.2) is 4.98 Å². The van der Waals surface area contributed by atoms with Crippen LogP contribution in [-0.4, -0.2) is 10.9 Å². The lowest BCUT2D eigenvalue weighted by molar-refractivity contribution is -0.121. The molecule has 1 heterocycles. The second-order valence-corrected chi connectivity index (χ2v) is 7.51. The van der Waals surface area contributed by atoms with Gasteiger partial charge in [0.2, 0.25) is 5.91 Å². The summed E-state index contributed by atoms with van der Waals surface area (Å²) >= 11 is 7.47. The number of halogens is 1. The van der Waals surface area contributed by atoms with Crippen LogP contribution in [-0.2, 0) is 17.6 Å². The number of benzene rings is 2. The number of aromatic nitrogens is 1. The third kappa shape index (κ3) is 4.71. The summed E-state index contributed by atoms with van der Waals surface area (Å²) in [5, 5.41) is 6.60. The van der Waals surface area contributed by atoms with Gasteiger partial charge in [0, 0.05) is 16.0 Å². The molecular weight excluding hydrogens is 364 g/mol. The monoisotopic (exact) mass is 384 g/mol. The highest BCUT2D eigenvalue weighted by atomic mass is 35.5. The first kappa shape index (κ1) is 18.6. The van der Waals surface area contributed by atoms with E-state index in [4.69, 9.17) is 11.6 Å². The van der Waals surface area contributed by atoms with Crippen molar-refractivity contribution in [3.05, 3.63) is 75.8 Å². The lowest BCUT2D eigenvalue weighted by Crippen LogP contribution is -2.28. The van der Waals surface area contributed by atoms with E-state index in [1.165, 1.54) is 5.56 Å². The SMILES string of the molecule is CCc1ccc(-c2nc(CC(=O)NC(C)c3ccc(Cl)cc3)cs2)cc1. The van der Waals surface area contributed by atoms with Crippen LogP contribution in [0.25, 0.3) is 10.6 Å². The minimum atomic E-state index is -0.0699. The number of hydrogen-bond acceptors (Lipinski definition) is 3. The molecule has 1 atom stereocenters. The zero-order chi connectivity index (χ0) is 18.5. The molecule has 1 aromatic heterocycles. The van der Waals surface area contributed by atoms with Crippen molar-refractivity contribution in [1.82, 2.24) is 10.3 Å². The molecule has 0 aliphatic heterocycles. The molecule has 0 bridgehead atoms. The zero-order valence-electron chi connectivity index (χ0n) is 14.8. The van der Waals surface area contributed by atoms with Gasteiger partial charge in [-0.15, -0.1) is 11.3 Å². The fraction of sp³-hybridized carbons (Fsp3) is 0.238. The Bertz CT molecular complexity index is 872. The molecule has 0 spiro atoms. The molecule has 0 aliphatic rings. The largest absolute Gasteiger partial charge is 0.349 e. The highest BCUT2D eigenvalue weighted by Gasteiger charge is 2.12. The number of nitrogens with zero attached hydrogens (tertiary/aromatic N) is 1. The maximum absolute atomic E-state index is 12.3. The summed E-state index contributed by atoms with van der Waals surface area (Å²) < 4.78 is 0. The zero-order valence-corrected chi connectivity index (χ0v) is 16.4. The summed E-state index contributed by atoms with van der Waals surface area (Å²) in [5.74, 6) is -0.0365. The molecule has 134 valence electrons. The minimum Gasteiger partial charge on any atom is -0.349 e. The van der Waals surface area contributed by atoms with Crippen molar-refractivity contribution in [1.29, 1.82) is 0 Å². The number of carbonyl (C=O) groups is 1. The van der Waals surface area contributed by atoms with E-state index in [0.717, 1.165) is 28.2 Å². The Labute approximate surface area is 163 Å². The minimum absolute atomic E-state index is 0.0365. The number of rotatable bonds is 6.